The molecule has 2 aliphatic rings. The van der Waals surface area contributed by atoms with Gasteiger partial charge in [-0.25, -0.2) is 19.7 Å². The van der Waals surface area contributed by atoms with Gasteiger partial charge in [0.2, 0.25) is 0 Å². The highest BCUT2D eigenvalue weighted by Gasteiger charge is 2.68. The number of halogens is 1. The Hall–Kier alpha value is -3.57. The predicted octanol–water partition coefficient (Wildman–Crippen LogP) is 2.63. The van der Waals surface area contributed by atoms with E-state index in [1.165, 1.54) is 31.1 Å². The molecule has 1 saturated heterocycles. The normalized spacial score (nSPS) is 27.4. The van der Waals surface area contributed by atoms with Gasteiger partial charge in [0.05, 0.1) is 11.9 Å². The Bertz CT molecular complexity index is 1300. The van der Waals surface area contributed by atoms with Crippen LogP contribution in [0.4, 0.5) is 0 Å². The summed E-state index contributed by atoms with van der Waals surface area (Å²) in [6.07, 6.45) is -0.297. The number of aromatic nitrogens is 4. The summed E-state index contributed by atoms with van der Waals surface area (Å²) >= 11 is 6.15. The van der Waals surface area contributed by atoms with Crippen LogP contribution in [0.2, 0.25) is 5.15 Å². The Labute approximate surface area is 204 Å². The third kappa shape index (κ3) is 4.00. The van der Waals surface area contributed by atoms with Gasteiger partial charge in [-0.1, -0.05) is 29.8 Å². The summed E-state index contributed by atoms with van der Waals surface area (Å²) in [6.45, 7) is 2.49. The van der Waals surface area contributed by atoms with Gasteiger partial charge in [-0.15, -0.1) is 0 Å². The Morgan fingerprint density at radius 2 is 1.80 bits per heavy atom. The fraction of sp³-hybridized carbons (Fsp3) is 0.391. The molecule has 182 valence electrons. The van der Waals surface area contributed by atoms with Crippen molar-refractivity contribution in [2.75, 3.05) is 0 Å². The van der Waals surface area contributed by atoms with Crippen molar-refractivity contribution in [3.63, 3.8) is 0 Å². The Balaban J connectivity index is 1.54. The standard InChI is InChI=1S/C23H21ClN4O7/c1-12(29)32-17-18(33-13(2)30)23(9-8-15(23)34-22(31)14-6-4-3-5-7-14)35-21(17)28-11-27-16-19(24)25-10-26-20(16)28/h3-7,10-11,15,17-18,21H,8-9H2,1-2H3/t15-,17?,18-,21-,23+/m1/s1. The molecule has 1 aliphatic heterocycles. The average Bonchev–Trinajstić information content (AvgIpc) is 3.38. The summed E-state index contributed by atoms with van der Waals surface area (Å²) in [5.41, 5.74) is -0.210. The van der Waals surface area contributed by atoms with Crippen LogP contribution in [0.1, 0.15) is 43.3 Å². The van der Waals surface area contributed by atoms with Gasteiger partial charge in [-0.2, -0.15) is 0 Å². The number of carbonyl (C=O) groups excluding carboxylic acids is 3. The first kappa shape index (κ1) is 23.2. The second kappa shape index (κ2) is 8.90. The third-order valence-corrected chi connectivity index (χ3v) is 6.46. The van der Waals surface area contributed by atoms with Crippen LogP contribution in [0.5, 0.6) is 0 Å². The number of esters is 3. The lowest BCUT2D eigenvalue weighted by atomic mass is 9.72. The van der Waals surface area contributed by atoms with Crippen LogP contribution in [0, 0.1) is 0 Å². The van der Waals surface area contributed by atoms with Crippen LogP contribution in [0.3, 0.4) is 0 Å². The van der Waals surface area contributed by atoms with Crippen LogP contribution < -0.4 is 0 Å². The highest BCUT2D eigenvalue weighted by atomic mass is 35.5. The molecule has 1 saturated carbocycles. The molecule has 1 aliphatic carbocycles. The number of rotatable bonds is 5. The maximum Gasteiger partial charge on any atom is 0.338 e. The van der Waals surface area contributed by atoms with Crippen LogP contribution in [-0.2, 0) is 28.5 Å². The lowest BCUT2D eigenvalue weighted by Gasteiger charge is -2.47. The van der Waals surface area contributed by atoms with Crippen molar-refractivity contribution in [3.8, 4) is 0 Å². The zero-order valence-corrected chi connectivity index (χ0v) is 19.5. The summed E-state index contributed by atoms with van der Waals surface area (Å²) in [7, 11) is 0. The van der Waals surface area contributed by atoms with E-state index in [4.69, 9.17) is 30.5 Å². The SMILES string of the molecule is CC(=O)OC1[C@H](n2cnc3c(Cl)ncnc32)O[C@]2(CC[C@H]2OC(=O)c2ccccc2)[C@@H]1OC(C)=O. The highest BCUT2D eigenvalue weighted by Crippen LogP contribution is 2.53. The quantitative estimate of drug-likeness (QED) is 0.292. The van der Waals surface area contributed by atoms with Gasteiger partial charge in [0.15, 0.2) is 29.2 Å². The first-order chi connectivity index (χ1) is 16.8. The molecule has 2 aromatic heterocycles. The number of imidazole rings is 1. The number of benzene rings is 1. The van der Waals surface area contributed by atoms with E-state index >= 15 is 0 Å². The van der Waals surface area contributed by atoms with E-state index in [9.17, 15) is 14.4 Å². The predicted molar refractivity (Wildman–Crippen MR) is 119 cm³/mol. The lowest BCUT2D eigenvalue weighted by Crippen LogP contribution is -2.62. The van der Waals surface area contributed by atoms with E-state index < -0.39 is 48.0 Å². The van der Waals surface area contributed by atoms with Crippen molar-refractivity contribution in [2.45, 2.75) is 56.8 Å². The molecule has 1 unspecified atom stereocenters. The fourth-order valence-electron chi connectivity index (χ4n) is 4.61. The molecule has 11 nitrogen and oxygen atoms in total. The third-order valence-electron chi connectivity index (χ3n) is 6.19. The maximum absolute atomic E-state index is 12.8. The molecule has 0 amide bonds. The van der Waals surface area contributed by atoms with E-state index in [0.29, 0.717) is 29.6 Å². The summed E-state index contributed by atoms with van der Waals surface area (Å²) in [6, 6.07) is 8.52. The molecule has 0 bridgehead atoms. The largest absolute Gasteiger partial charge is 0.456 e. The highest BCUT2D eigenvalue weighted by molar-refractivity contribution is 6.33. The number of nitrogens with zero attached hydrogens (tertiary/aromatic N) is 4. The molecular weight excluding hydrogens is 480 g/mol. The summed E-state index contributed by atoms with van der Waals surface area (Å²) in [4.78, 5) is 49.3. The van der Waals surface area contributed by atoms with Crippen molar-refractivity contribution in [3.05, 3.63) is 53.7 Å². The lowest BCUT2D eigenvalue weighted by molar-refractivity contribution is -0.221. The molecule has 35 heavy (non-hydrogen) atoms. The Morgan fingerprint density at radius 3 is 2.46 bits per heavy atom. The minimum atomic E-state index is -1.24. The van der Waals surface area contributed by atoms with Crippen LogP contribution in [-0.4, -0.2) is 61.3 Å². The van der Waals surface area contributed by atoms with Crippen molar-refractivity contribution < 1.29 is 33.3 Å². The molecule has 0 radical (unpaired) electrons. The second-order valence-corrected chi connectivity index (χ2v) is 8.71. The molecule has 5 atom stereocenters. The van der Waals surface area contributed by atoms with Gasteiger partial charge < -0.3 is 18.9 Å². The number of hydrogen-bond donors (Lipinski definition) is 0. The molecule has 3 aromatic rings. The minimum absolute atomic E-state index is 0.139. The van der Waals surface area contributed by atoms with E-state index in [2.05, 4.69) is 15.0 Å². The van der Waals surface area contributed by atoms with E-state index in [1.54, 1.807) is 30.3 Å². The van der Waals surface area contributed by atoms with Gasteiger partial charge in [-0.05, 0) is 25.0 Å². The van der Waals surface area contributed by atoms with E-state index in [1.807, 2.05) is 0 Å². The molecule has 0 N–H and O–H groups in total. The number of fused-ring (bicyclic) bond motifs is 1. The second-order valence-electron chi connectivity index (χ2n) is 8.35. The van der Waals surface area contributed by atoms with Crippen LogP contribution in [0.25, 0.3) is 11.2 Å². The minimum Gasteiger partial charge on any atom is -0.456 e. The summed E-state index contributed by atoms with van der Waals surface area (Å²) < 4.78 is 25.0. The summed E-state index contributed by atoms with van der Waals surface area (Å²) in [5.74, 6) is -1.75. The van der Waals surface area contributed by atoms with Gasteiger partial charge in [0.25, 0.3) is 0 Å². The Kier molecular flexibility index (Phi) is 5.89. The zero-order valence-electron chi connectivity index (χ0n) is 18.8. The van der Waals surface area contributed by atoms with Crippen LogP contribution >= 0.6 is 11.6 Å². The smallest absolute Gasteiger partial charge is 0.338 e. The molecule has 3 heterocycles. The van der Waals surface area contributed by atoms with E-state index in [0.717, 1.165) is 0 Å². The van der Waals surface area contributed by atoms with Gasteiger partial charge in [-0.3, -0.25) is 14.2 Å². The monoisotopic (exact) mass is 500 g/mol. The summed E-state index contributed by atoms with van der Waals surface area (Å²) in [5, 5.41) is 0.139. The Morgan fingerprint density at radius 1 is 1.06 bits per heavy atom. The van der Waals surface area contributed by atoms with Crippen molar-refractivity contribution >= 4 is 40.7 Å². The number of hydrogen-bond acceptors (Lipinski definition) is 10. The van der Waals surface area contributed by atoms with Gasteiger partial charge >= 0.3 is 17.9 Å². The molecule has 2 fully saturated rings. The maximum atomic E-state index is 12.8. The topological polar surface area (TPSA) is 132 Å². The number of carbonyl (C=O) groups is 3. The molecule has 1 aromatic carbocycles. The molecule has 5 rings (SSSR count). The fourth-order valence-corrected chi connectivity index (χ4v) is 4.78. The van der Waals surface area contributed by atoms with Gasteiger partial charge in [0.1, 0.15) is 23.5 Å². The van der Waals surface area contributed by atoms with Crippen LogP contribution in [0.15, 0.2) is 43.0 Å². The van der Waals surface area contributed by atoms with Crippen molar-refractivity contribution in [1.82, 2.24) is 19.5 Å². The van der Waals surface area contributed by atoms with E-state index in [-0.39, 0.29) is 5.15 Å². The zero-order chi connectivity index (χ0) is 24.7. The molecule has 1 spiro atoms. The van der Waals surface area contributed by atoms with Gasteiger partial charge in [0, 0.05) is 13.8 Å². The molecule has 12 heteroatoms. The first-order valence-electron chi connectivity index (χ1n) is 10.9. The van der Waals surface area contributed by atoms with Crippen molar-refractivity contribution in [2.24, 2.45) is 0 Å². The first-order valence-corrected chi connectivity index (χ1v) is 11.3. The molecular formula is C23H21ClN4O7. The number of ether oxygens (including phenoxy) is 4. The average molecular weight is 501 g/mol. The van der Waals surface area contributed by atoms with Crippen molar-refractivity contribution in [1.29, 1.82) is 0 Å².